The standard InChI is InChI=1S/C33H50FNO3/c1-7-22(3)23(4)26-13-29(32(34)16-26)19-35-18-28-15-31(12-10-25(28)21-37)38-30-11-9-24(20-36)27(14-30)17-33(5,6)8-2/h9-12,14-15,22-23,26,29,32,35-37H,7-8,13,16-21H2,1-6H3. The Kier molecular flexibility index (Phi) is 11.2. The van der Waals surface area contributed by atoms with Crippen LogP contribution in [0, 0.1) is 29.1 Å². The van der Waals surface area contributed by atoms with E-state index in [4.69, 9.17) is 4.74 Å². The summed E-state index contributed by atoms with van der Waals surface area (Å²) in [6, 6.07) is 11.6. The van der Waals surface area contributed by atoms with Gasteiger partial charge in [0.15, 0.2) is 0 Å². The summed E-state index contributed by atoms with van der Waals surface area (Å²) in [6.45, 7) is 14.6. The molecule has 0 heterocycles. The predicted octanol–water partition coefficient (Wildman–Crippen LogP) is 7.58. The molecule has 2 aromatic carbocycles. The van der Waals surface area contributed by atoms with Crippen LogP contribution in [0.25, 0.3) is 0 Å². The third-order valence-corrected chi connectivity index (χ3v) is 9.21. The summed E-state index contributed by atoms with van der Waals surface area (Å²) >= 11 is 0. The van der Waals surface area contributed by atoms with E-state index in [9.17, 15) is 14.6 Å². The summed E-state index contributed by atoms with van der Waals surface area (Å²) in [5.41, 5.74) is 3.97. The van der Waals surface area contributed by atoms with Gasteiger partial charge in [0.2, 0.25) is 0 Å². The Labute approximate surface area is 230 Å². The molecule has 0 saturated heterocycles. The molecule has 4 nitrogen and oxygen atoms in total. The van der Waals surface area contributed by atoms with Crippen LogP contribution >= 0.6 is 0 Å². The van der Waals surface area contributed by atoms with Gasteiger partial charge in [0.05, 0.1) is 13.2 Å². The van der Waals surface area contributed by atoms with Crippen LogP contribution in [0.4, 0.5) is 4.39 Å². The Bertz CT molecular complexity index is 1020. The number of alkyl halides is 1. The molecule has 0 radical (unpaired) electrons. The quantitative estimate of drug-likeness (QED) is 0.237. The number of aliphatic hydroxyl groups is 2. The molecular weight excluding hydrogens is 477 g/mol. The Morgan fingerprint density at radius 1 is 0.947 bits per heavy atom. The number of aliphatic hydroxyl groups excluding tert-OH is 2. The monoisotopic (exact) mass is 527 g/mol. The molecule has 1 aliphatic carbocycles. The maximum absolute atomic E-state index is 14.8. The molecule has 1 saturated carbocycles. The van der Waals surface area contributed by atoms with E-state index in [1.54, 1.807) is 0 Å². The minimum Gasteiger partial charge on any atom is -0.457 e. The highest BCUT2D eigenvalue weighted by molar-refractivity contribution is 5.41. The normalized spacial score (nSPS) is 21.4. The molecular formula is C33H50FNO3. The van der Waals surface area contributed by atoms with Crippen molar-refractivity contribution in [3.8, 4) is 11.5 Å². The largest absolute Gasteiger partial charge is 0.457 e. The molecule has 38 heavy (non-hydrogen) atoms. The molecule has 0 spiro atoms. The van der Waals surface area contributed by atoms with Crippen molar-refractivity contribution in [2.75, 3.05) is 6.54 Å². The first-order chi connectivity index (χ1) is 18.1. The second kappa shape index (κ2) is 13.9. The van der Waals surface area contributed by atoms with Crippen LogP contribution in [0.3, 0.4) is 0 Å². The van der Waals surface area contributed by atoms with Crippen molar-refractivity contribution in [2.24, 2.45) is 29.1 Å². The van der Waals surface area contributed by atoms with E-state index in [-0.39, 0.29) is 24.5 Å². The second-order valence-corrected chi connectivity index (χ2v) is 12.4. The topological polar surface area (TPSA) is 61.7 Å². The summed E-state index contributed by atoms with van der Waals surface area (Å²) in [7, 11) is 0. The predicted molar refractivity (Wildman–Crippen MR) is 154 cm³/mol. The van der Waals surface area contributed by atoms with E-state index < -0.39 is 6.17 Å². The lowest BCUT2D eigenvalue weighted by Gasteiger charge is -2.24. The zero-order valence-electron chi connectivity index (χ0n) is 24.4. The third-order valence-electron chi connectivity index (χ3n) is 9.21. The summed E-state index contributed by atoms with van der Waals surface area (Å²) in [5, 5.41) is 23.2. The Hall–Kier alpha value is -1.95. The molecule has 1 fully saturated rings. The molecule has 0 aromatic heterocycles. The van der Waals surface area contributed by atoms with Gasteiger partial charge in [-0.1, -0.05) is 66.5 Å². The third kappa shape index (κ3) is 8.03. The maximum atomic E-state index is 14.8. The molecule has 5 atom stereocenters. The lowest BCUT2D eigenvalue weighted by molar-refractivity contribution is 0.237. The van der Waals surface area contributed by atoms with Crippen LogP contribution in [0.15, 0.2) is 36.4 Å². The van der Waals surface area contributed by atoms with Crippen LogP contribution in [-0.4, -0.2) is 22.9 Å². The fraction of sp³-hybridized carbons (Fsp3) is 0.636. The molecule has 1 aliphatic rings. The van der Waals surface area contributed by atoms with Crippen LogP contribution in [0.5, 0.6) is 11.5 Å². The van der Waals surface area contributed by atoms with Crippen molar-refractivity contribution < 1.29 is 19.3 Å². The SMILES string of the molecule is CCC(C)C(C)C1CC(F)C(CNCc2cc(Oc3ccc(CO)c(CC(C)(C)CC)c3)ccc2CO)C1. The van der Waals surface area contributed by atoms with Gasteiger partial charge in [0.1, 0.15) is 17.7 Å². The van der Waals surface area contributed by atoms with E-state index >= 15 is 0 Å². The lowest BCUT2D eigenvalue weighted by atomic mass is 9.81. The van der Waals surface area contributed by atoms with Gasteiger partial charge in [0, 0.05) is 19.0 Å². The maximum Gasteiger partial charge on any atom is 0.127 e. The first-order valence-corrected chi connectivity index (χ1v) is 14.6. The van der Waals surface area contributed by atoms with Crippen LogP contribution in [-0.2, 0) is 26.2 Å². The van der Waals surface area contributed by atoms with Crippen molar-refractivity contribution in [1.29, 1.82) is 0 Å². The van der Waals surface area contributed by atoms with Gasteiger partial charge in [-0.25, -0.2) is 4.39 Å². The molecule has 3 N–H and O–H groups in total. The second-order valence-electron chi connectivity index (χ2n) is 12.4. The number of benzene rings is 2. The van der Waals surface area contributed by atoms with Gasteiger partial charge >= 0.3 is 0 Å². The smallest absolute Gasteiger partial charge is 0.127 e. The molecule has 212 valence electrons. The molecule has 5 unspecified atom stereocenters. The van der Waals surface area contributed by atoms with Crippen molar-refractivity contribution in [3.05, 3.63) is 58.7 Å². The summed E-state index contributed by atoms with van der Waals surface area (Å²) in [6.07, 6.45) is 3.92. The highest BCUT2D eigenvalue weighted by atomic mass is 19.1. The number of hydrogen-bond acceptors (Lipinski definition) is 4. The molecule has 0 aliphatic heterocycles. The number of nitrogens with one attached hydrogen (secondary N) is 1. The van der Waals surface area contributed by atoms with Gasteiger partial charge in [-0.15, -0.1) is 0 Å². The van der Waals surface area contributed by atoms with E-state index in [2.05, 4.69) is 46.9 Å². The molecule has 3 rings (SSSR count). The molecule has 0 bridgehead atoms. The van der Waals surface area contributed by atoms with E-state index in [1.165, 1.54) is 0 Å². The van der Waals surface area contributed by atoms with Gasteiger partial charge in [-0.05, 0) is 89.0 Å². The molecule has 5 heteroatoms. The zero-order chi connectivity index (χ0) is 27.9. The van der Waals surface area contributed by atoms with Crippen molar-refractivity contribution in [1.82, 2.24) is 5.32 Å². The van der Waals surface area contributed by atoms with Crippen LogP contribution < -0.4 is 10.1 Å². The van der Waals surface area contributed by atoms with Crippen molar-refractivity contribution in [2.45, 2.75) is 99.6 Å². The fourth-order valence-corrected chi connectivity index (χ4v) is 5.73. The van der Waals surface area contributed by atoms with E-state index in [0.717, 1.165) is 53.7 Å². The first kappa shape index (κ1) is 30.6. The zero-order valence-corrected chi connectivity index (χ0v) is 24.4. The first-order valence-electron chi connectivity index (χ1n) is 14.6. The Morgan fingerprint density at radius 2 is 1.55 bits per heavy atom. The van der Waals surface area contributed by atoms with Gasteiger partial charge < -0.3 is 20.3 Å². The van der Waals surface area contributed by atoms with Crippen LogP contribution in [0.2, 0.25) is 0 Å². The summed E-state index contributed by atoms with van der Waals surface area (Å²) in [5.74, 6) is 3.11. The number of halogens is 1. The van der Waals surface area contributed by atoms with E-state index in [1.807, 2.05) is 36.4 Å². The fourth-order valence-electron chi connectivity index (χ4n) is 5.73. The number of rotatable bonds is 14. The average molecular weight is 528 g/mol. The number of hydrogen-bond donors (Lipinski definition) is 3. The molecule has 2 aromatic rings. The van der Waals surface area contributed by atoms with Gasteiger partial charge in [-0.3, -0.25) is 0 Å². The number of ether oxygens (including phenoxy) is 1. The van der Waals surface area contributed by atoms with E-state index in [0.29, 0.717) is 43.0 Å². The minimum atomic E-state index is -0.750. The average Bonchev–Trinajstić information content (AvgIpc) is 3.28. The Balaban J connectivity index is 1.65. The Morgan fingerprint density at radius 3 is 2.13 bits per heavy atom. The van der Waals surface area contributed by atoms with Crippen molar-refractivity contribution >= 4 is 0 Å². The minimum absolute atomic E-state index is 0.00838. The summed E-state index contributed by atoms with van der Waals surface area (Å²) < 4.78 is 21.1. The molecule has 0 amide bonds. The summed E-state index contributed by atoms with van der Waals surface area (Å²) in [4.78, 5) is 0. The van der Waals surface area contributed by atoms with Gasteiger partial charge in [-0.2, -0.15) is 0 Å². The van der Waals surface area contributed by atoms with Crippen LogP contribution in [0.1, 0.15) is 89.5 Å². The highest BCUT2D eigenvalue weighted by Crippen LogP contribution is 2.41. The lowest BCUT2D eigenvalue weighted by Crippen LogP contribution is -2.26. The van der Waals surface area contributed by atoms with Gasteiger partial charge in [0.25, 0.3) is 0 Å². The van der Waals surface area contributed by atoms with Crippen molar-refractivity contribution in [3.63, 3.8) is 0 Å². The highest BCUT2D eigenvalue weighted by Gasteiger charge is 2.37.